The van der Waals surface area contributed by atoms with E-state index in [-0.39, 0.29) is 36.0 Å². The van der Waals surface area contributed by atoms with Gasteiger partial charge in [0.05, 0.1) is 7.11 Å². The molecule has 0 spiro atoms. The first-order valence-electron chi connectivity index (χ1n) is 7.65. The SMILES string of the molecule is CN=C(NCCc1c(F)cccc1F)NCc1ccccc1OC.I. The van der Waals surface area contributed by atoms with Crippen LogP contribution in [0.15, 0.2) is 47.5 Å². The molecule has 2 N–H and O–H groups in total. The predicted octanol–water partition coefficient (Wildman–Crippen LogP) is 3.50. The maximum Gasteiger partial charge on any atom is 0.191 e. The Morgan fingerprint density at radius 1 is 1.04 bits per heavy atom. The molecule has 0 unspecified atom stereocenters. The van der Waals surface area contributed by atoms with Gasteiger partial charge < -0.3 is 15.4 Å². The molecule has 7 heteroatoms. The van der Waals surface area contributed by atoms with Gasteiger partial charge in [-0.05, 0) is 24.6 Å². The third-order valence-electron chi connectivity index (χ3n) is 3.59. The number of para-hydroxylation sites is 1. The Bertz CT molecular complexity index is 690. The molecular weight excluding hydrogens is 439 g/mol. The van der Waals surface area contributed by atoms with Gasteiger partial charge >= 0.3 is 0 Å². The molecule has 0 saturated carbocycles. The number of hydrogen-bond acceptors (Lipinski definition) is 2. The van der Waals surface area contributed by atoms with E-state index in [0.29, 0.717) is 19.0 Å². The van der Waals surface area contributed by atoms with Crippen LogP contribution in [0.25, 0.3) is 0 Å². The second kappa shape index (κ2) is 10.9. The fraction of sp³-hybridized carbons (Fsp3) is 0.278. The maximum atomic E-state index is 13.6. The number of ether oxygens (including phenoxy) is 1. The Hall–Kier alpha value is -1.90. The summed E-state index contributed by atoms with van der Waals surface area (Å²) in [6.45, 7) is 0.890. The van der Waals surface area contributed by atoms with Gasteiger partial charge in [-0.3, -0.25) is 4.99 Å². The lowest BCUT2D eigenvalue weighted by Crippen LogP contribution is -2.38. The van der Waals surface area contributed by atoms with Crippen LogP contribution in [-0.4, -0.2) is 26.7 Å². The quantitative estimate of drug-likeness (QED) is 0.394. The number of methoxy groups -OCH3 is 1. The smallest absolute Gasteiger partial charge is 0.191 e. The molecule has 0 atom stereocenters. The summed E-state index contributed by atoms with van der Waals surface area (Å²) in [4.78, 5) is 4.10. The number of nitrogens with one attached hydrogen (secondary N) is 2. The van der Waals surface area contributed by atoms with Crippen molar-refractivity contribution in [1.82, 2.24) is 10.6 Å². The lowest BCUT2D eigenvalue weighted by atomic mass is 10.1. The zero-order chi connectivity index (χ0) is 17.4. The Kier molecular flexibility index (Phi) is 9.18. The van der Waals surface area contributed by atoms with Crippen molar-refractivity contribution in [3.8, 4) is 5.75 Å². The topological polar surface area (TPSA) is 45.7 Å². The molecule has 0 aromatic heterocycles. The Labute approximate surface area is 163 Å². The summed E-state index contributed by atoms with van der Waals surface area (Å²) in [6, 6.07) is 11.5. The van der Waals surface area contributed by atoms with Crippen LogP contribution in [0.2, 0.25) is 0 Å². The molecule has 136 valence electrons. The van der Waals surface area contributed by atoms with E-state index < -0.39 is 11.6 Å². The van der Waals surface area contributed by atoms with Crippen molar-refractivity contribution in [2.24, 2.45) is 4.99 Å². The Balaban J connectivity index is 0.00000312. The summed E-state index contributed by atoms with van der Waals surface area (Å²) in [7, 11) is 3.26. The summed E-state index contributed by atoms with van der Waals surface area (Å²) in [5.41, 5.74) is 1.06. The molecular formula is C18H22F2IN3O. The van der Waals surface area contributed by atoms with Crippen molar-refractivity contribution in [2.45, 2.75) is 13.0 Å². The van der Waals surface area contributed by atoms with Gasteiger partial charge in [-0.2, -0.15) is 0 Å². The zero-order valence-corrected chi connectivity index (χ0v) is 16.5. The van der Waals surface area contributed by atoms with Gasteiger partial charge in [0, 0.05) is 31.3 Å². The van der Waals surface area contributed by atoms with Gasteiger partial charge in [-0.25, -0.2) is 8.78 Å². The van der Waals surface area contributed by atoms with E-state index in [1.54, 1.807) is 14.2 Å². The van der Waals surface area contributed by atoms with Crippen LogP contribution in [-0.2, 0) is 13.0 Å². The number of benzene rings is 2. The monoisotopic (exact) mass is 461 g/mol. The van der Waals surface area contributed by atoms with Crippen LogP contribution in [0, 0.1) is 11.6 Å². The average Bonchev–Trinajstić information content (AvgIpc) is 2.60. The predicted molar refractivity (Wildman–Crippen MR) is 107 cm³/mol. The zero-order valence-electron chi connectivity index (χ0n) is 14.2. The molecule has 0 amide bonds. The van der Waals surface area contributed by atoms with Crippen LogP contribution in [0.5, 0.6) is 5.75 Å². The van der Waals surface area contributed by atoms with Crippen LogP contribution in [0.3, 0.4) is 0 Å². The van der Waals surface area contributed by atoms with E-state index in [1.807, 2.05) is 24.3 Å². The van der Waals surface area contributed by atoms with Gasteiger partial charge in [0.25, 0.3) is 0 Å². The van der Waals surface area contributed by atoms with E-state index in [0.717, 1.165) is 11.3 Å². The molecule has 2 rings (SSSR count). The lowest BCUT2D eigenvalue weighted by Gasteiger charge is -2.14. The van der Waals surface area contributed by atoms with Gasteiger partial charge in [-0.1, -0.05) is 24.3 Å². The molecule has 2 aromatic carbocycles. The minimum atomic E-state index is -0.534. The first-order chi connectivity index (χ1) is 11.7. The number of hydrogen-bond donors (Lipinski definition) is 2. The largest absolute Gasteiger partial charge is 0.496 e. The van der Waals surface area contributed by atoms with Crippen molar-refractivity contribution in [1.29, 1.82) is 0 Å². The third-order valence-corrected chi connectivity index (χ3v) is 3.59. The van der Waals surface area contributed by atoms with Gasteiger partial charge in [0.15, 0.2) is 5.96 Å². The molecule has 4 nitrogen and oxygen atoms in total. The summed E-state index contributed by atoms with van der Waals surface area (Å²) in [5.74, 6) is 0.272. The maximum absolute atomic E-state index is 13.6. The molecule has 0 aliphatic carbocycles. The molecule has 0 bridgehead atoms. The average molecular weight is 461 g/mol. The first-order valence-corrected chi connectivity index (χ1v) is 7.65. The van der Waals surface area contributed by atoms with Crippen molar-refractivity contribution in [3.63, 3.8) is 0 Å². The van der Waals surface area contributed by atoms with E-state index in [2.05, 4.69) is 15.6 Å². The van der Waals surface area contributed by atoms with Crippen LogP contribution in [0.1, 0.15) is 11.1 Å². The normalized spacial score (nSPS) is 10.8. The van der Waals surface area contributed by atoms with E-state index in [9.17, 15) is 8.78 Å². The minimum absolute atomic E-state index is 0. The second-order valence-electron chi connectivity index (χ2n) is 5.11. The van der Waals surface area contributed by atoms with E-state index in [4.69, 9.17) is 4.74 Å². The molecule has 25 heavy (non-hydrogen) atoms. The van der Waals surface area contributed by atoms with Gasteiger partial charge in [0.2, 0.25) is 0 Å². The van der Waals surface area contributed by atoms with Crippen LogP contribution in [0.4, 0.5) is 8.78 Å². The van der Waals surface area contributed by atoms with E-state index >= 15 is 0 Å². The number of halogens is 3. The molecule has 0 heterocycles. The van der Waals surface area contributed by atoms with Crippen molar-refractivity contribution in [3.05, 3.63) is 65.2 Å². The van der Waals surface area contributed by atoms with Crippen molar-refractivity contribution < 1.29 is 13.5 Å². The van der Waals surface area contributed by atoms with Crippen molar-refractivity contribution >= 4 is 29.9 Å². The summed E-state index contributed by atoms with van der Waals surface area (Å²) in [6.07, 6.45) is 0.230. The molecule has 0 aliphatic rings. The number of guanidine groups is 1. The lowest BCUT2D eigenvalue weighted by molar-refractivity contribution is 0.409. The molecule has 0 saturated heterocycles. The molecule has 0 aliphatic heterocycles. The number of rotatable bonds is 6. The second-order valence-corrected chi connectivity index (χ2v) is 5.11. The summed E-state index contributed by atoms with van der Waals surface area (Å²) >= 11 is 0. The molecule has 2 aromatic rings. The fourth-order valence-electron chi connectivity index (χ4n) is 2.33. The first kappa shape index (κ1) is 21.1. The van der Waals surface area contributed by atoms with Gasteiger partial charge in [-0.15, -0.1) is 24.0 Å². The highest BCUT2D eigenvalue weighted by molar-refractivity contribution is 14.0. The Morgan fingerprint density at radius 3 is 2.36 bits per heavy atom. The Morgan fingerprint density at radius 2 is 1.72 bits per heavy atom. The minimum Gasteiger partial charge on any atom is -0.496 e. The van der Waals surface area contributed by atoms with E-state index in [1.165, 1.54) is 18.2 Å². The molecule has 0 fully saturated rings. The highest BCUT2D eigenvalue weighted by Gasteiger charge is 2.08. The van der Waals surface area contributed by atoms with Gasteiger partial charge in [0.1, 0.15) is 17.4 Å². The summed E-state index contributed by atoms with van der Waals surface area (Å²) in [5, 5.41) is 6.19. The van der Waals surface area contributed by atoms with Crippen LogP contribution >= 0.6 is 24.0 Å². The third kappa shape index (κ3) is 6.15. The number of aliphatic imine (C=N–C) groups is 1. The number of nitrogens with zero attached hydrogens (tertiary/aromatic N) is 1. The summed E-state index contributed by atoms with van der Waals surface area (Å²) < 4.78 is 32.5. The molecule has 0 radical (unpaired) electrons. The van der Waals surface area contributed by atoms with Crippen molar-refractivity contribution in [2.75, 3.05) is 20.7 Å². The highest BCUT2D eigenvalue weighted by Crippen LogP contribution is 2.16. The highest BCUT2D eigenvalue weighted by atomic mass is 127. The van der Waals surface area contributed by atoms with Crippen LogP contribution < -0.4 is 15.4 Å². The standard InChI is InChI=1S/C18H21F2N3O.HI/c1-21-18(23-12-13-6-3-4-9-17(13)24-2)22-11-10-14-15(19)7-5-8-16(14)20;/h3-9H,10-12H2,1-2H3,(H2,21,22,23);1H. The fourth-order valence-corrected chi connectivity index (χ4v) is 2.33.